The van der Waals surface area contributed by atoms with Crippen LogP contribution in [0.4, 0.5) is 14.9 Å². The molecule has 1 saturated heterocycles. The average molecular weight is 372 g/mol. The first kappa shape index (κ1) is 18.7. The topological polar surface area (TPSA) is 101 Å². The lowest BCUT2D eigenvalue weighted by Crippen LogP contribution is -2.36. The fraction of sp³-hybridized carbons (Fsp3) is 0.263. The van der Waals surface area contributed by atoms with Crippen molar-refractivity contribution in [2.45, 2.75) is 6.61 Å². The number of rotatable bonds is 4. The highest BCUT2D eigenvalue weighted by molar-refractivity contribution is 5.90. The van der Waals surface area contributed by atoms with Crippen molar-refractivity contribution in [2.24, 2.45) is 5.73 Å². The van der Waals surface area contributed by atoms with E-state index in [1.165, 1.54) is 0 Å². The molecule has 1 fully saturated rings. The van der Waals surface area contributed by atoms with Crippen LogP contribution in [0, 0.1) is 11.2 Å². The van der Waals surface area contributed by atoms with Crippen LogP contribution in [0.1, 0.15) is 5.56 Å². The number of nitrogens with two attached hydrogens (primary N) is 1. The van der Waals surface area contributed by atoms with Crippen molar-refractivity contribution < 1.29 is 18.7 Å². The number of halogens is 1. The summed E-state index contributed by atoms with van der Waals surface area (Å²) in [6.45, 7) is 2.82. The molecule has 0 aliphatic carbocycles. The van der Waals surface area contributed by atoms with Gasteiger partial charge in [0.15, 0.2) is 5.96 Å². The Labute approximate surface area is 156 Å². The molecule has 27 heavy (non-hydrogen) atoms. The molecule has 1 aliphatic heterocycles. The van der Waals surface area contributed by atoms with Crippen LogP contribution in [-0.4, -0.2) is 38.4 Å². The van der Waals surface area contributed by atoms with Crippen molar-refractivity contribution in [2.75, 3.05) is 31.2 Å². The van der Waals surface area contributed by atoms with E-state index in [1.54, 1.807) is 18.2 Å². The number of hydrogen-bond donors (Lipinski definition) is 3. The number of nitrogens with zero attached hydrogens (tertiary/aromatic N) is 1. The van der Waals surface area contributed by atoms with Crippen molar-refractivity contribution in [3.8, 4) is 11.1 Å². The number of nitrogens with one attached hydrogen (secondary N) is 2. The van der Waals surface area contributed by atoms with Gasteiger partial charge < -0.3 is 20.1 Å². The molecule has 142 valence electrons. The van der Waals surface area contributed by atoms with Crippen molar-refractivity contribution in [1.82, 2.24) is 5.32 Å². The van der Waals surface area contributed by atoms with Crippen molar-refractivity contribution in [3.63, 3.8) is 0 Å². The first-order valence-electron chi connectivity index (χ1n) is 8.53. The van der Waals surface area contributed by atoms with E-state index in [2.05, 4.69) is 4.90 Å². The maximum atomic E-state index is 14.8. The summed E-state index contributed by atoms with van der Waals surface area (Å²) in [6, 6.07) is 12.6. The lowest BCUT2D eigenvalue weighted by Gasteiger charge is -2.29. The summed E-state index contributed by atoms with van der Waals surface area (Å²) in [5.41, 5.74) is 7.52. The summed E-state index contributed by atoms with van der Waals surface area (Å²) < 4.78 is 25.1. The first-order valence-corrected chi connectivity index (χ1v) is 8.53. The first-order chi connectivity index (χ1) is 13.0. The molecule has 2 aromatic rings. The van der Waals surface area contributed by atoms with Gasteiger partial charge in [-0.05, 0) is 17.7 Å². The third-order valence-corrected chi connectivity index (χ3v) is 4.23. The molecule has 1 heterocycles. The highest BCUT2D eigenvalue weighted by Gasteiger charge is 2.14. The molecule has 0 radical (unpaired) electrons. The van der Waals surface area contributed by atoms with Crippen LogP contribution in [-0.2, 0) is 16.1 Å². The molecule has 0 aromatic heterocycles. The van der Waals surface area contributed by atoms with Gasteiger partial charge in [0, 0.05) is 29.9 Å². The van der Waals surface area contributed by atoms with Crippen molar-refractivity contribution in [3.05, 3.63) is 53.8 Å². The second kappa shape index (κ2) is 8.50. The van der Waals surface area contributed by atoms with Gasteiger partial charge in [0.05, 0.1) is 13.2 Å². The van der Waals surface area contributed by atoms with Gasteiger partial charge in [0.1, 0.15) is 12.4 Å². The molecule has 1 amide bonds. The lowest BCUT2D eigenvalue weighted by atomic mass is 10.0. The SMILES string of the molecule is N=C(N)NC(=O)OCc1cccc(-c2ccc(N3CCOCC3)cc2)c1F. The minimum atomic E-state index is -0.901. The van der Waals surface area contributed by atoms with Crippen LogP contribution in [0.3, 0.4) is 0 Å². The predicted molar refractivity (Wildman–Crippen MR) is 100 cm³/mol. The van der Waals surface area contributed by atoms with E-state index in [-0.39, 0.29) is 12.2 Å². The van der Waals surface area contributed by atoms with E-state index in [1.807, 2.05) is 29.6 Å². The highest BCUT2D eigenvalue weighted by atomic mass is 19.1. The Hall–Kier alpha value is -3.13. The monoisotopic (exact) mass is 372 g/mol. The van der Waals surface area contributed by atoms with E-state index in [0.717, 1.165) is 24.3 Å². The summed E-state index contributed by atoms with van der Waals surface area (Å²) in [6.07, 6.45) is -0.901. The van der Waals surface area contributed by atoms with Gasteiger partial charge in [-0.2, -0.15) is 0 Å². The molecule has 1 aliphatic rings. The molecule has 0 bridgehead atoms. The highest BCUT2D eigenvalue weighted by Crippen LogP contribution is 2.28. The van der Waals surface area contributed by atoms with Gasteiger partial charge in [0.25, 0.3) is 0 Å². The predicted octanol–water partition coefficient (Wildman–Crippen LogP) is 2.45. The van der Waals surface area contributed by atoms with E-state index in [0.29, 0.717) is 18.8 Å². The summed E-state index contributed by atoms with van der Waals surface area (Å²) >= 11 is 0. The molecule has 0 atom stereocenters. The third-order valence-electron chi connectivity index (χ3n) is 4.23. The number of amides is 1. The third kappa shape index (κ3) is 4.73. The van der Waals surface area contributed by atoms with Gasteiger partial charge in [-0.25, -0.2) is 9.18 Å². The molecule has 4 N–H and O–H groups in total. The molecule has 0 unspecified atom stereocenters. The zero-order valence-corrected chi connectivity index (χ0v) is 14.7. The Morgan fingerprint density at radius 3 is 2.59 bits per heavy atom. The van der Waals surface area contributed by atoms with E-state index < -0.39 is 17.9 Å². The van der Waals surface area contributed by atoms with Crippen LogP contribution < -0.4 is 16.0 Å². The molecule has 7 nitrogen and oxygen atoms in total. The number of hydrogen-bond acceptors (Lipinski definition) is 5. The van der Waals surface area contributed by atoms with Gasteiger partial charge >= 0.3 is 6.09 Å². The Balaban J connectivity index is 1.73. The van der Waals surface area contributed by atoms with Crippen LogP contribution in [0.2, 0.25) is 0 Å². The number of guanidine groups is 1. The normalized spacial score (nSPS) is 13.9. The number of anilines is 1. The van der Waals surface area contributed by atoms with Crippen LogP contribution in [0.5, 0.6) is 0 Å². The number of carbonyl (C=O) groups is 1. The molecular weight excluding hydrogens is 351 g/mol. The van der Waals surface area contributed by atoms with E-state index in [4.69, 9.17) is 20.6 Å². The van der Waals surface area contributed by atoms with Crippen molar-refractivity contribution >= 4 is 17.7 Å². The number of carbonyl (C=O) groups excluding carboxylic acids is 1. The maximum absolute atomic E-state index is 14.8. The largest absolute Gasteiger partial charge is 0.444 e. The molecule has 3 rings (SSSR count). The fourth-order valence-electron chi connectivity index (χ4n) is 2.88. The van der Waals surface area contributed by atoms with Gasteiger partial charge in [-0.3, -0.25) is 10.7 Å². The molecule has 0 saturated carbocycles. The summed E-state index contributed by atoms with van der Waals surface area (Å²) in [5.74, 6) is -0.984. The minimum absolute atomic E-state index is 0.239. The van der Waals surface area contributed by atoms with Gasteiger partial charge in [0.2, 0.25) is 0 Å². The minimum Gasteiger partial charge on any atom is -0.444 e. The maximum Gasteiger partial charge on any atom is 0.414 e. The molecule has 0 spiro atoms. The second-order valence-electron chi connectivity index (χ2n) is 6.04. The number of ether oxygens (including phenoxy) is 2. The Morgan fingerprint density at radius 1 is 1.22 bits per heavy atom. The Morgan fingerprint density at radius 2 is 1.93 bits per heavy atom. The standard InChI is InChI=1S/C19H21FN4O3/c20-17-14(12-27-19(25)23-18(21)22)2-1-3-16(17)13-4-6-15(7-5-13)24-8-10-26-11-9-24/h1-7H,8-12H2,(H4,21,22,23,25). The zero-order valence-electron chi connectivity index (χ0n) is 14.7. The van der Waals surface area contributed by atoms with Crippen LogP contribution in [0.25, 0.3) is 11.1 Å². The molecule has 8 heteroatoms. The zero-order chi connectivity index (χ0) is 19.2. The van der Waals surface area contributed by atoms with Crippen LogP contribution >= 0.6 is 0 Å². The number of alkyl carbamates (subject to hydrolysis) is 1. The lowest BCUT2D eigenvalue weighted by molar-refractivity contribution is 0.122. The van der Waals surface area contributed by atoms with E-state index in [9.17, 15) is 9.18 Å². The second-order valence-corrected chi connectivity index (χ2v) is 6.04. The van der Waals surface area contributed by atoms with Gasteiger partial charge in [-0.15, -0.1) is 0 Å². The summed E-state index contributed by atoms with van der Waals surface area (Å²) in [4.78, 5) is 13.6. The molecular formula is C19H21FN4O3. The Kier molecular flexibility index (Phi) is 5.87. The fourth-order valence-corrected chi connectivity index (χ4v) is 2.88. The van der Waals surface area contributed by atoms with Crippen molar-refractivity contribution in [1.29, 1.82) is 5.41 Å². The Bertz CT molecular complexity index is 820. The van der Waals surface area contributed by atoms with E-state index >= 15 is 0 Å². The average Bonchev–Trinajstić information content (AvgIpc) is 2.67. The number of morpholine rings is 1. The quantitative estimate of drug-likeness (QED) is 0.565. The smallest absolute Gasteiger partial charge is 0.414 e. The van der Waals surface area contributed by atoms with Gasteiger partial charge in [-0.1, -0.05) is 30.3 Å². The summed E-state index contributed by atoms with van der Waals surface area (Å²) in [5, 5.41) is 8.95. The molecule has 2 aromatic carbocycles. The summed E-state index contributed by atoms with van der Waals surface area (Å²) in [7, 11) is 0. The number of benzene rings is 2. The van der Waals surface area contributed by atoms with Crippen LogP contribution in [0.15, 0.2) is 42.5 Å².